The van der Waals surface area contributed by atoms with E-state index in [1.807, 2.05) is 36.4 Å². The van der Waals surface area contributed by atoms with Gasteiger partial charge in [-0.05, 0) is 68.8 Å². The summed E-state index contributed by atoms with van der Waals surface area (Å²) < 4.78 is 24.1. The van der Waals surface area contributed by atoms with Crippen molar-refractivity contribution in [2.75, 3.05) is 24.2 Å². The van der Waals surface area contributed by atoms with Gasteiger partial charge < -0.3 is 15.5 Å². The van der Waals surface area contributed by atoms with Gasteiger partial charge in [-0.25, -0.2) is 18.4 Å². The summed E-state index contributed by atoms with van der Waals surface area (Å²) in [6.45, 7) is 8.11. The van der Waals surface area contributed by atoms with Gasteiger partial charge in [0.25, 0.3) is 5.91 Å². The number of rotatable bonds is 6. The van der Waals surface area contributed by atoms with Gasteiger partial charge in [0.1, 0.15) is 5.82 Å². The fourth-order valence-electron chi connectivity index (χ4n) is 5.00. The fourth-order valence-corrected chi connectivity index (χ4v) is 6.00. The Morgan fingerprint density at radius 1 is 1.03 bits per heavy atom. The lowest BCUT2D eigenvalue weighted by Gasteiger charge is -2.40. The number of nitrogens with zero attached hydrogens (tertiary/aromatic N) is 4. The van der Waals surface area contributed by atoms with Crippen molar-refractivity contribution >= 4 is 32.5 Å². The average molecular weight is 545 g/mol. The third-order valence-corrected chi connectivity index (χ3v) is 8.24. The molecule has 0 bridgehead atoms. The Labute approximate surface area is 228 Å². The number of anilines is 1. The van der Waals surface area contributed by atoms with Crippen LogP contribution in [0.4, 0.5) is 5.82 Å². The number of sulfone groups is 1. The molecule has 39 heavy (non-hydrogen) atoms. The van der Waals surface area contributed by atoms with Gasteiger partial charge in [0, 0.05) is 48.6 Å². The Morgan fingerprint density at radius 3 is 2.51 bits per heavy atom. The monoisotopic (exact) mass is 544 g/mol. The molecular weight excluding hydrogens is 512 g/mol. The highest BCUT2D eigenvalue weighted by Gasteiger charge is 2.25. The minimum atomic E-state index is -3.43. The molecule has 0 spiro atoms. The van der Waals surface area contributed by atoms with Gasteiger partial charge in [-0.2, -0.15) is 0 Å². The standard InChI is InChI=1S/C29H32N6O3S/c1-18-8-9-21(12-27(18)39(4,37)38)29(36)32-17-23-13-26-22(16-31-23)10-11-25(33-26)24-6-5-7-28(34-24)35-19(2)14-30-15-20(35)3/h5-13,16,19-20,30H,14-15,17H2,1-4H3,(H,32,36)/t19-,20+. The number of aryl methyl sites for hydroxylation is 1. The van der Waals surface area contributed by atoms with Crippen LogP contribution in [-0.4, -0.2) is 60.7 Å². The molecule has 10 heteroatoms. The van der Waals surface area contributed by atoms with Crippen LogP contribution < -0.4 is 15.5 Å². The van der Waals surface area contributed by atoms with Crippen molar-refractivity contribution in [3.63, 3.8) is 0 Å². The fraction of sp³-hybridized carbons (Fsp3) is 0.310. The van der Waals surface area contributed by atoms with E-state index in [2.05, 4.69) is 34.4 Å². The first-order chi connectivity index (χ1) is 18.6. The number of benzene rings is 1. The summed E-state index contributed by atoms with van der Waals surface area (Å²) in [7, 11) is -3.43. The summed E-state index contributed by atoms with van der Waals surface area (Å²) in [4.78, 5) is 29.5. The van der Waals surface area contributed by atoms with E-state index in [0.717, 1.165) is 47.5 Å². The molecule has 1 saturated heterocycles. The van der Waals surface area contributed by atoms with E-state index < -0.39 is 9.84 Å². The second kappa shape index (κ2) is 10.7. The minimum Gasteiger partial charge on any atom is -0.349 e. The number of fused-ring (bicyclic) bond motifs is 1. The van der Waals surface area contributed by atoms with Crippen LogP contribution >= 0.6 is 0 Å². The summed E-state index contributed by atoms with van der Waals surface area (Å²) in [6.07, 6.45) is 2.87. The first-order valence-electron chi connectivity index (χ1n) is 12.9. The largest absolute Gasteiger partial charge is 0.349 e. The lowest BCUT2D eigenvalue weighted by molar-refractivity contribution is 0.0950. The molecule has 2 atom stereocenters. The lowest BCUT2D eigenvalue weighted by Crippen LogP contribution is -2.55. The van der Waals surface area contributed by atoms with Crippen LogP contribution in [0.2, 0.25) is 0 Å². The number of hydrogen-bond donors (Lipinski definition) is 2. The van der Waals surface area contributed by atoms with Gasteiger partial charge in [-0.1, -0.05) is 12.1 Å². The van der Waals surface area contributed by atoms with E-state index in [0.29, 0.717) is 23.3 Å². The number of aromatic nitrogens is 3. The highest BCUT2D eigenvalue weighted by Crippen LogP contribution is 2.25. The number of nitrogens with one attached hydrogen (secondary N) is 2. The Bertz CT molecular complexity index is 1650. The van der Waals surface area contributed by atoms with Crippen LogP contribution in [0, 0.1) is 6.92 Å². The summed E-state index contributed by atoms with van der Waals surface area (Å²) in [5.41, 5.74) is 3.82. The first-order valence-corrected chi connectivity index (χ1v) is 14.8. The molecular formula is C29H32N6O3S. The van der Waals surface area contributed by atoms with E-state index in [1.165, 1.54) is 6.07 Å². The van der Waals surface area contributed by atoms with Gasteiger partial charge in [0.2, 0.25) is 0 Å². The van der Waals surface area contributed by atoms with Gasteiger partial charge in [0.15, 0.2) is 9.84 Å². The molecule has 0 aliphatic carbocycles. The van der Waals surface area contributed by atoms with Gasteiger partial charge in [-0.15, -0.1) is 0 Å². The first kappa shape index (κ1) is 26.7. The maximum atomic E-state index is 12.8. The summed E-state index contributed by atoms with van der Waals surface area (Å²) in [6, 6.07) is 17.1. The van der Waals surface area contributed by atoms with Crippen LogP contribution in [0.1, 0.15) is 35.5 Å². The Balaban J connectivity index is 1.36. The van der Waals surface area contributed by atoms with Crippen molar-refractivity contribution in [2.24, 2.45) is 0 Å². The number of hydrogen-bond acceptors (Lipinski definition) is 8. The van der Waals surface area contributed by atoms with Gasteiger partial charge in [-0.3, -0.25) is 9.78 Å². The van der Waals surface area contributed by atoms with E-state index >= 15 is 0 Å². The average Bonchev–Trinajstić information content (AvgIpc) is 2.91. The van der Waals surface area contributed by atoms with Crippen LogP contribution in [-0.2, 0) is 16.4 Å². The minimum absolute atomic E-state index is 0.147. The molecule has 0 radical (unpaired) electrons. The zero-order valence-electron chi connectivity index (χ0n) is 22.5. The quantitative estimate of drug-likeness (QED) is 0.379. The highest BCUT2D eigenvalue weighted by atomic mass is 32.2. The molecule has 5 rings (SSSR count). The third kappa shape index (κ3) is 5.76. The predicted octanol–water partition coefficient (Wildman–Crippen LogP) is 3.52. The molecule has 4 heterocycles. The zero-order valence-corrected chi connectivity index (χ0v) is 23.3. The van der Waals surface area contributed by atoms with Crippen molar-refractivity contribution in [1.82, 2.24) is 25.6 Å². The molecule has 1 fully saturated rings. The highest BCUT2D eigenvalue weighted by molar-refractivity contribution is 7.90. The number of carbonyl (C=O) groups is 1. The van der Waals surface area contributed by atoms with Crippen molar-refractivity contribution in [3.05, 3.63) is 77.6 Å². The second-order valence-corrected chi connectivity index (χ2v) is 12.1. The smallest absolute Gasteiger partial charge is 0.251 e. The lowest BCUT2D eigenvalue weighted by atomic mass is 10.1. The number of pyridine rings is 3. The van der Waals surface area contributed by atoms with Gasteiger partial charge >= 0.3 is 0 Å². The summed E-state index contributed by atoms with van der Waals surface area (Å²) in [5, 5.41) is 7.16. The third-order valence-electron chi connectivity index (χ3n) is 7.00. The number of carbonyl (C=O) groups excluding carboxylic acids is 1. The van der Waals surface area contributed by atoms with Crippen LogP contribution in [0.15, 0.2) is 65.7 Å². The Morgan fingerprint density at radius 2 is 1.77 bits per heavy atom. The Kier molecular flexibility index (Phi) is 7.33. The molecule has 1 amide bonds. The number of amides is 1. The number of piperazine rings is 1. The SMILES string of the molecule is Cc1ccc(C(=O)NCc2cc3nc(-c4cccc(N5[C@H](C)CNC[C@@H]5C)n4)ccc3cn2)cc1S(C)(=O)=O. The van der Waals surface area contributed by atoms with Crippen LogP contribution in [0.3, 0.4) is 0 Å². The van der Waals surface area contributed by atoms with Crippen molar-refractivity contribution < 1.29 is 13.2 Å². The normalized spacial score (nSPS) is 17.8. The van der Waals surface area contributed by atoms with E-state index in [1.54, 1.807) is 25.3 Å². The maximum absolute atomic E-state index is 12.8. The maximum Gasteiger partial charge on any atom is 0.251 e. The van der Waals surface area contributed by atoms with E-state index in [-0.39, 0.29) is 22.9 Å². The summed E-state index contributed by atoms with van der Waals surface area (Å²) in [5.74, 6) is 0.560. The topological polar surface area (TPSA) is 117 Å². The molecule has 1 aliphatic heterocycles. The Hall–Kier alpha value is -3.89. The molecule has 1 aromatic carbocycles. The molecule has 9 nitrogen and oxygen atoms in total. The molecule has 3 aromatic heterocycles. The molecule has 0 saturated carbocycles. The van der Waals surface area contributed by atoms with Gasteiger partial charge in [0.05, 0.1) is 34.0 Å². The van der Waals surface area contributed by atoms with E-state index in [4.69, 9.17) is 9.97 Å². The predicted molar refractivity (Wildman–Crippen MR) is 153 cm³/mol. The van der Waals surface area contributed by atoms with E-state index in [9.17, 15) is 13.2 Å². The van der Waals surface area contributed by atoms with Crippen LogP contribution in [0.5, 0.6) is 0 Å². The van der Waals surface area contributed by atoms with Crippen molar-refractivity contribution in [1.29, 1.82) is 0 Å². The second-order valence-electron chi connectivity index (χ2n) is 10.1. The molecule has 0 unspecified atom stereocenters. The molecule has 4 aromatic rings. The molecule has 2 N–H and O–H groups in total. The van der Waals surface area contributed by atoms with Crippen molar-refractivity contribution in [2.45, 2.75) is 44.3 Å². The molecule has 1 aliphatic rings. The summed E-state index contributed by atoms with van der Waals surface area (Å²) >= 11 is 0. The van der Waals surface area contributed by atoms with Crippen molar-refractivity contribution in [3.8, 4) is 11.4 Å². The van der Waals surface area contributed by atoms with Crippen LogP contribution in [0.25, 0.3) is 22.3 Å². The zero-order chi connectivity index (χ0) is 27.7. The molecule has 202 valence electrons.